The molecule has 0 amide bonds. The first-order valence-corrected chi connectivity index (χ1v) is 20.3. The number of benzene rings is 4. The van der Waals surface area contributed by atoms with Crippen molar-refractivity contribution >= 4 is 46.6 Å². The maximum Gasteiger partial charge on any atom is 0.422 e. The molecule has 0 spiro atoms. The zero-order chi connectivity index (χ0) is 47.0. The molecule has 0 fully saturated rings. The summed E-state index contributed by atoms with van der Waals surface area (Å²) in [4.78, 5) is 72.0. The van der Waals surface area contributed by atoms with Crippen molar-refractivity contribution in [1.29, 1.82) is 0 Å². The van der Waals surface area contributed by atoms with Gasteiger partial charge in [0.25, 0.3) is 0 Å². The Morgan fingerprint density at radius 3 is 1.56 bits per heavy atom. The number of hydrogen-bond acceptors (Lipinski definition) is 12. The van der Waals surface area contributed by atoms with E-state index in [2.05, 4.69) is 13.2 Å². The number of fused-ring (bicyclic) bond motifs is 1. The van der Waals surface area contributed by atoms with E-state index in [1.807, 2.05) is 30.3 Å². The molecule has 64 heavy (non-hydrogen) atoms. The minimum atomic E-state index is -4.89. The van der Waals surface area contributed by atoms with Crippen molar-refractivity contribution in [2.24, 2.45) is 0 Å². The van der Waals surface area contributed by atoms with Crippen molar-refractivity contribution in [3.63, 3.8) is 0 Å². The van der Waals surface area contributed by atoms with Gasteiger partial charge in [-0.2, -0.15) is 13.2 Å². The third-order valence-electron chi connectivity index (χ3n) is 9.40. The molecule has 0 N–H and O–H groups in total. The normalized spacial score (nSPS) is 12.0. The van der Waals surface area contributed by atoms with Crippen LogP contribution >= 0.6 is 0 Å². The molecule has 0 aliphatic carbocycles. The predicted octanol–water partition coefficient (Wildman–Crippen LogP) is 9.89. The summed E-state index contributed by atoms with van der Waals surface area (Å²) in [6, 6.07) is 21.9. The van der Waals surface area contributed by atoms with Gasteiger partial charge < -0.3 is 28.4 Å². The molecule has 4 rings (SSSR count). The molecule has 0 bridgehead atoms. The molecule has 0 saturated carbocycles. The third-order valence-corrected chi connectivity index (χ3v) is 9.40. The number of carbonyl (C=O) groups is 6. The van der Waals surface area contributed by atoms with Crippen molar-refractivity contribution in [3.8, 4) is 33.8 Å². The van der Waals surface area contributed by atoms with Gasteiger partial charge in [0, 0.05) is 17.2 Å². The topological polar surface area (TPSA) is 158 Å². The summed E-state index contributed by atoms with van der Waals surface area (Å²) >= 11 is 0. The highest BCUT2D eigenvalue weighted by molar-refractivity contribution is 5.90. The van der Waals surface area contributed by atoms with Crippen LogP contribution < -0.4 is 9.47 Å². The lowest BCUT2D eigenvalue weighted by atomic mass is 9.98. The van der Waals surface area contributed by atoms with E-state index in [0.717, 1.165) is 28.0 Å². The number of alkyl halides is 3. The van der Waals surface area contributed by atoms with Crippen LogP contribution in [0.3, 0.4) is 0 Å². The smallest absolute Gasteiger partial charge is 0.422 e. The summed E-state index contributed by atoms with van der Waals surface area (Å²) in [5, 5.41) is 1.62. The first-order valence-electron chi connectivity index (χ1n) is 20.3. The standard InChI is InChI=1S/C48H48F4O12/c1-29(2)46(57)61-30(3)8-6-24-59-43(54)21-23-45(56)64-39-18-19-40(41(49)28-39)34-12-10-33(11-13-34)35-14-15-37-27-38(17-16-36(37)26-35)63-44(55)22-20-42(53)60-25-7-9-31(4)62-47(58)32(5)48(50,51)52/h10-19,26-28,30-31H,1,5-9,20-25H2,2-4H3. The van der Waals surface area contributed by atoms with Crippen LogP contribution in [-0.2, 0) is 47.7 Å². The number of rotatable bonds is 22. The molecule has 0 heterocycles. The summed E-state index contributed by atoms with van der Waals surface area (Å²) in [6.07, 6.45) is -5.87. The van der Waals surface area contributed by atoms with Crippen molar-refractivity contribution in [2.75, 3.05) is 13.2 Å². The lowest BCUT2D eigenvalue weighted by Crippen LogP contribution is -2.24. The first-order chi connectivity index (χ1) is 30.3. The monoisotopic (exact) mass is 892 g/mol. The van der Waals surface area contributed by atoms with E-state index in [0.29, 0.717) is 24.0 Å². The summed E-state index contributed by atoms with van der Waals surface area (Å²) in [5.74, 6) is -5.10. The average Bonchev–Trinajstić information content (AvgIpc) is 3.24. The second-order valence-electron chi connectivity index (χ2n) is 14.8. The van der Waals surface area contributed by atoms with E-state index < -0.39 is 59.5 Å². The Labute approximate surface area is 367 Å². The minimum Gasteiger partial charge on any atom is -0.466 e. The molecule has 16 heteroatoms. The Morgan fingerprint density at radius 1 is 0.578 bits per heavy atom. The summed E-state index contributed by atoms with van der Waals surface area (Å²) in [6.45, 7) is 10.9. The highest BCUT2D eigenvalue weighted by Gasteiger charge is 2.38. The van der Waals surface area contributed by atoms with E-state index >= 15 is 4.39 Å². The van der Waals surface area contributed by atoms with Gasteiger partial charge >= 0.3 is 42.0 Å². The number of carbonyl (C=O) groups excluding carboxylic acids is 6. The van der Waals surface area contributed by atoms with Gasteiger partial charge in [-0.05, 0) is 104 Å². The molecule has 12 nitrogen and oxygen atoms in total. The summed E-state index contributed by atoms with van der Waals surface area (Å²) in [7, 11) is 0. The van der Waals surface area contributed by atoms with Gasteiger partial charge in [0.15, 0.2) is 0 Å². The van der Waals surface area contributed by atoms with Crippen LogP contribution in [-0.4, -0.2) is 67.4 Å². The highest BCUT2D eigenvalue weighted by atomic mass is 19.4. The summed E-state index contributed by atoms with van der Waals surface area (Å²) in [5.41, 5.74) is 1.26. The SMILES string of the molecule is C=C(C)C(=O)OC(C)CCCOC(=O)CCC(=O)Oc1ccc(-c2ccc(-c3ccc4cc(OC(=O)CCC(=O)OCCCC(C)OC(=O)C(=C)C(F)(F)F)ccc4c3)cc2)c(F)c1. The third kappa shape index (κ3) is 16.1. The van der Waals surface area contributed by atoms with Crippen molar-refractivity contribution in [1.82, 2.24) is 0 Å². The van der Waals surface area contributed by atoms with Crippen LogP contribution in [0.25, 0.3) is 33.0 Å². The second kappa shape index (κ2) is 23.6. The van der Waals surface area contributed by atoms with Crippen LogP contribution in [0.1, 0.15) is 72.1 Å². The second-order valence-corrected chi connectivity index (χ2v) is 14.8. The molecule has 4 aromatic carbocycles. The van der Waals surface area contributed by atoms with Gasteiger partial charge in [-0.15, -0.1) is 0 Å². The van der Waals surface area contributed by atoms with Gasteiger partial charge in [0.05, 0.1) is 51.1 Å². The van der Waals surface area contributed by atoms with Gasteiger partial charge in [-0.25, -0.2) is 14.0 Å². The van der Waals surface area contributed by atoms with Crippen LogP contribution in [0.5, 0.6) is 11.5 Å². The Kier molecular flexibility index (Phi) is 18.3. The molecule has 4 aromatic rings. The maximum atomic E-state index is 15.2. The zero-order valence-corrected chi connectivity index (χ0v) is 35.6. The lowest BCUT2D eigenvalue weighted by Gasteiger charge is -2.15. The van der Waals surface area contributed by atoms with E-state index in [4.69, 9.17) is 28.4 Å². The number of halogens is 4. The van der Waals surface area contributed by atoms with Crippen LogP contribution in [0.2, 0.25) is 0 Å². The largest absolute Gasteiger partial charge is 0.466 e. The molecule has 340 valence electrons. The van der Waals surface area contributed by atoms with Crippen molar-refractivity contribution in [2.45, 2.75) is 90.5 Å². The lowest BCUT2D eigenvalue weighted by molar-refractivity contribution is -0.155. The maximum absolute atomic E-state index is 15.2. The molecular formula is C48H48F4O12. The van der Waals surface area contributed by atoms with Gasteiger partial charge in [0.1, 0.15) is 22.9 Å². The van der Waals surface area contributed by atoms with Crippen LogP contribution in [0, 0.1) is 5.82 Å². The quantitative estimate of drug-likeness (QED) is 0.0184. The Balaban J connectivity index is 1.18. The van der Waals surface area contributed by atoms with E-state index in [1.165, 1.54) is 19.1 Å². The molecule has 0 radical (unpaired) electrons. The van der Waals surface area contributed by atoms with Gasteiger partial charge in [-0.1, -0.05) is 55.6 Å². The van der Waals surface area contributed by atoms with Crippen LogP contribution in [0.4, 0.5) is 17.6 Å². The van der Waals surface area contributed by atoms with Crippen LogP contribution in [0.15, 0.2) is 103 Å². The molecule has 0 saturated heterocycles. The average molecular weight is 893 g/mol. The van der Waals surface area contributed by atoms with E-state index in [1.54, 1.807) is 44.2 Å². The summed E-state index contributed by atoms with van der Waals surface area (Å²) < 4.78 is 83.5. The highest BCUT2D eigenvalue weighted by Crippen LogP contribution is 2.32. The first kappa shape index (κ1) is 49.8. The van der Waals surface area contributed by atoms with Crippen molar-refractivity contribution < 1.29 is 74.8 Å². The Hall–Kier alpha value is -6.84. The van der Waals surface area contributed by atoms with Crippen molar-refractivity contribution in [3.05, 3.63) is 109 Å². The molecular weight excluding hydrogens is 845 g/mol. The Bertz CT molecular complexity index is 2350. The fraction of sp³-hybridized carbons (Fsp3) is 0.333. The molecule has 2 unspecified atom stereocenters. The molecule has 0 aliphatic rings. The number of ether oxygens (including phenoxy) is 6. The molecule has 0 aliphatic heterocycles. The fourth-order valence-corrected chi connectivity index (χ4v) is 5.90. The van der Waals surface area contributed by atoms with Gasteiger partial charge in [0.2, 0.25) is 0 Å². The Morgan fingerprint density at radius 2 is 1.03 bits per heavy atom. The molecule has 2 atom stereocenters. The van der Waals surface area contributed by atoms with E-state index in [9.17, 15) is 41.9 Å². The van der Waals surface area contributed by atoms with Gasteiger partial charge in [-0.3, -0.25) is 19.2 Å². The van der Waals surface area contributed by atoms with E-state index in [-0.39, 0.29) is 74.9 Å². The minimum absolute atomic E-state index is 0.0185. The fourth-order valence-electron chi connectivity index (χ4n) is 5.90. The zero-order valence-electron chi connectivity index (χ0n) is 35.6. The number of hydrogen-bond donors (Lipinski definition) is 0. The number of esters is 6. The molecule has 0 aromatic heterocycles. The predicted molar refractivity (Wildman–Crippen MR) is 226 cm³/mol.